The minimum atomic E-state index is -0.273. The summed E-state index contributed by atoms with van der Waals surface area (Å²) in [6, 6.07) is 16.2. The van der Waals surface area contributed by atoms with E-state index in [0.717, 1.165) is 82.7 Å². The van der Waals surface area contributed by atoms with Crippen molar-refractivity contribution in [3.63, 3.8) is 0 Å². The average molecular weight is 1380 g/mol. The lowest BCUT2D eigenvalue weighted by Gasteiger charge is -2.28. The van der Waals surface area contributed by atoms with Crippen molar-refractivity contribution < 1.29 is 19.7 Å². The van der Waals surface area contributed by atoms with E-state index in [1.165, 1.54) is 38.5 Å². The second-order valence-corrected chi connectivity index (χ2v) is 23.7. The van der Waals surface area contributed by atoms with Gasteiger partial charge in [0.15, 0.2) is 0 Å². The van der Waals surface area contributed by atoms with Crippen LogP contribution < -0.4 is 9.47 Å². The Bertz CT molecular complexity index is 2010. The topological polar surface area (TPSA) is 58.9 Å². The fourth-order valence-electron chi connectivity index (χ4n) is 6.28. The monoisotopic (exact) mass is 1370 g/mol. The van der Waals surface area contributed by atoms with Gasteiger partial charge < -0.3 is 19.7 Å². The van der Waals surface area contributed by atoms with Gasteiger partial charge in [0.05, 0.1) is 49.0 Å². The van der Waals surface area contributed by atoms with Gasteiger partial charge in [-0.15, -0.1) is 13.2 Å². The Morgan fingerprint density at radius 2 is 0.794 bits per heavy atom. The maximum atomic E-state index is 10.0. The highest BCUT2D eigenvalue weighted by molar-refractivity contribution is 9.12. The third-order valence-corrected chi connectivity index (χ3v) is 16.1. The van der Waals surface area contributed by atoms with E-state index in [1.807, 2.05) is 36.4 Å². The molecule has 12 heteroatoms. The first-order valence-electron chi connectivity index (χ1n) is 21.4. The lowest BCUT2D eigenvalue weighted by atomic mass is 9.78. The molecule has 4 rings (SSSR count). The summed E-state index contributed by atoms with van der Waals surface area (Å²) in [5.74, 6) is 3.74. The first-order valence-corrected chi connectivity index (χ1v) is 27.7. The molecule has 348 valence electrons. The first-order chi connectivity index (χ1) is 29.6. The van der Waals surface area contributed by atoms with Gasteiger partial charge in [0.25, 0.3) is 0 Å². The molecular formula is C51H64Br8O4. The Balaban J connectivity index is 0.000000371. The highest BCUT2D eigenvalue weighted by atomic mass is 79.9. The molecule has 4 aromatic rings. The number of ether oxygens (including phenoxy) is 2. The number of phenolic OH excluding ortho intramolecular Hbond substituents is 2. The summed E-state index contributed by atoms with van der Waals surface area (Å²) in [5.41, 5.74) is 3.90. The molecule has 0 saturated carbocycles. The van der Waals surface area contributed by atoms with Crippen LogP contribution >= 0.6 is 127 Å². The number of hydrogen-bond acceptors (Lipinski definition) is 4. The Kier molecular flexibility index (Phi) is 26.6. The third kappa shape index (κ3) is 18.1. The number of benzene rings is 4. The Labute approximate surface area is 446 Å². The maximum Gasteiger partial charge on any atom is 0.147 e. The summed E-state index contributed by atoms with van der Waals surface area (Å²) in [6.45, 7) is 26.5. The van der Waals surface area contributed by atoms with Crippen molar-refractivity contribution in [3.05, 3.63) is 132 Å². The highest BCUT2D eigenvalue weighted by Crippen LogP contribution is 2.45. The minimum absolute atomic E-state index is 0.204. The molecule has 0 amide bonds. The Hall–Kier alpha value is -0.600. The number of hydrogen-bond donors (Lipinski definition) is 2. The summed E-state index contributed by atoms with van der Waals surface area (Å²) < 4.78 is 18.3. The average Bonchev–Trinajstić information content (AvgIpc) is 3.23. The fraction of sp³-hybridized carbons (Fsp3) is 0.451. The van der Waals surface area contributed by atoms with Crippen molar-refractivity contribution in [1.29, 1.82) is 0 Å². The number of halogens is 8. The van der Waals surface area contributed by atoms with Crippen LogP contribution in [0.5, 0.6) is 23.0 Å². The molecule has 63 heavy (non-hydrogen) atoms. The minimum Gasteiger partial charge on any atom is -0.506 e. The van der Waals surface area contributed by atoms with Crippen molar-refractivity contribution in [3.8, 4) is 23.0 Å². The second-order valence-electron chi connectivity index (χ2n) is 16.9. The van der Waals surface area contributed by atoms with Crippen LogP contribution in [-0.2, 0) is 10.8 Å². The molecule has 0 aliphatic carbocycles. The molecule has 2 N–H and O–H groups in total. The first kappa shape index (κ1) is 58.5. The molecule has 4 aromatic carbocycles. The Morgan fingerprint density at radius 3 is 1.11 bits per heavy atom. The molecule has 0 saturated heterocycles. The Morgan fingerprint density at radius 1 is 0.492 bits per heavy atom. The van der Waals surface area contributed by atoms with E-state index in [2.05, 4.69) is 220 Å². The number of aromatic hydroxyl groups is 2. The molecule has 0 aromatic heterocycles. The smallest absolute Gasteiger partial charge is 0.147 e. The van der Waals surface area contributed by atoms with E-state index in [1.54, 1.807) is 0 Å². The molecule has 0 spiro atoms. The van der Waals surface area contributed by atoms with Crippen LogP contribution in [0.15, 0.2) is 110 Å². The van der Waals surface area contributed by atoms with Crippen molar-refractivity contribution in [1.82, 2.24) is 0 Å². The molecule has 0 radical (unpaired) electrons. The largest absolute Gasteiger partial charge is 0.506 e. The van der Waals surface area contributed by atoms with E-state index in [0.29, 0.717) is 31.1 Å². The van der Waals surface area contributed by atoms with E-state index in [4.69, 9.17) is 9.47 Å². The van der Waals surface area contributed by atoms with Crippen molar-refractivity contribution >= 4 is 127 Å². The van der Waals surface area contributed by atoms with Gasteiger partial charge in [-0.3, -0.25) is 0 Å². The van der Waals surface area contributed by atoms with Gasteiger partial charge in [-0.1, -0.05) is 86.8 Å². The molecular weight excluding hydrogens is 1320 g/mol. The zero-order valence-corrected chi connectivity index (χ0v) is 50.5. The molecule has 0 aliphatic rings. The summed E-state index contributed by atoms with van der Waals surface area (Å²) in [7, 11) is 0. The van der Waals surface area contributed by atoms with Gasteiger partial charge >= 0.3 is 0 Å². The summed E-state index contributed by atoms with van der Waals surface area (Å²) in [6.07, 6.45) is 14.3. The fourth-order valence-corrected chi connectivity index (χ4v) is 11.5. The van der Waals surface area contributed by atoms with E-state index in [-0.39, 0.29) is 22.3 Å². The predicted octanol–water partition coefficient (Wildman–Crippen LogP) is 20.5. The van der Waals surface area contributed by atoms with Gasteiger partial charge in [-0.05, 0) is 249 Å². The van der Waals surface area contributed by atoms with Crippen LogP contribution in [0.2, 0.25) is 0 Å². The van der Waals surface area contributed by atoms with Crippen LogP contribution in [0.1, 0.15) is 135 Å². The van der Waals surface area contributed by atoms with E-state index >= 15 is 0 Å². The predicted molar refractivity (Wildman–Crippen MR) is 298 cm³/mol. The van der Waals surface area contributed by atoms with Crippen LogP contribution in [0, 0.1) is 11.8 Å². The zero-order valence-electron chi connectivity index (χ0n) is 37.9. The number of rotatable bonds is 20. The number of allylic oxidation sites excluding steroid dienone is 2. The molecule has 0 heterocycles. The molecule has 0 bridgehead atoms. The van der Waals surface area contributed by atoms with E-state index < -0.39 is 0 Å². The molecule has 0 fully saturated rings. The summed E-state index contributed by atoms with van der Waals surface area (Å²) in [5, 5.41) is 20.0. The highest BCUT2D eigenvalue weighted by Gasteiger charge is 2.28. The molecule has 4 nitrogen and oxygen atoms in total. The van der Waals surface area contributed by atoms with Crippen molar-refractivity contribution in [2.75, 3.05) is 13.2 Å². The van der Waals surface area contributed by atoms with Crippen molar-refractivity contribution in [2.45, 2.75) is 124 Å². The standard InChI is InChI=1S/C23H28Br4O2.C20H20Br4O2.C8H16/c1-5-14(2)8-6-7-9-29-22-19(26)12-16(13-20(22)27)23(3,4)15-10-17(24)21(28)18(25)11-15;1-4-5-6-7-26-19-16(23)10-13(11-17(19)24)20(2,3)12-8-14(21)18(25)15(22)9-12;1-4-6-7-8(3)5-2/h10-14,28H,5-9H2,1-4H3;4,8-11,25H,1,5-7H2,2-3H3;4,8H,1,5-7H2,2-3H3. The van der Waals surface area contributed by atoms with Gasteiger partial charge in [-0.25, -0.2) is 0 Å². The lowest BCUT2D eigenvalue weighted by molar-refractivity contribution is 0.296. The van der Waals surface area contributed by atoms with E-state index in [9.17, 15) is 10.2 Å². The molecule has 2 atom stereocenters. The molecule has 2 unspecified atom stereocenters. The van der Waals surface area contributed by atoms with Gasteiger partial charge in [0.1, 0.15) is 23.0 Å². The van der Waals surface area contributed by atoms with Crippen LogP contribution in [0.4, 0.5) is 0 Å². The number of phenols is 2. The second kappa shape index (κ2) is 28.7. The third-order valence-electron chi connectivity index (χ3n) is 11.3. The molecule has 0 aliphatic heterocycles. The SMILES string of the molecule is C=CCCC(C)CC.C=CCCCOc1c(Br)cc(C(C)(C)c2cc(Br)c(O)c(Br)c2)cc1Br.CCC(C)CCCCOc1c(Br)cc(C(C)(C)c2cc(Br)c(O)c(Br)c2)cc1Br. The zero-order chi connectivity index (χ0) is 47.7. The van der Waals surface area contributed by atoms with Gasteiger partial charge in [0, 0.05) is 10.8 Å². The number of unbranched alkanes of at least 4 members (excludes halogenated alkanes) is 2. The summed E-state index contributed by atoms with van der Waals surface area (Å²) >= 11 is 28.4. The lowest BCUT2D eigenvalue weighted by Crippen LogP contribution is -2.19. The van der Waals surface area contributed by atoms with Crippen LogP contribution in [0.25, 0.3) is 0 Å². The quantitative estimate of drug-likeness (QED) is 0.0684. The van der Waals surface area contributed by atoms with Gasteiger partial charge in [-0.2, -0.15) is 0 Å². The van der Waals surface area contributed by atoms with Gasteiger partial charge in [0.2, 0.25) is 0 Å². The van der Waals surface area contributed by atoms with Crippen LogP contribution in [0.3, 0.4) is 0 Å². The maximum absolute atomic E-state index is 10.0. The summed E-state index contributed by atoms with van der Waals surface area (Å²) in [4.78, 5) is 0. The van der Waals surface area contributed by atoms with Crippen molar-refractivity contribution in [2.24, 2.45) is 11.8 Å². The normalized spacial score (nSPS) is 12.3. The van der Waals surface area contributed by atoms with Crippen LogP contribution in [-0.4, -0.2) is 23.4 Å².